The lowest BCUT2D eigenvalue weighted by molar-refractivity contribution is -0.140. The molecule has 4 rings (SSSR count). The minimum absolute atomic E-state index is 0.255. The van der Waals surface area contributed by atoms with E-state index in [4.69, 9.17) is 4.74 Å². The summed E-state index contributed by atoms with van der Waals surface area (Å²) in [5.41, 5.74) is 3.66. The van der Waals surface area contributed by atoms with Gasteiger partial charge in [-0.25, -0.2) is 4.79 Å². The number of thiophene rings is 1. The van der Waals surface area contributed by atoms with E-state index in [1.807, 2.05) is 43.5 Å². The number of aryl methyl sites for hydroxylation is 2. The van der Waals surface area contributed by atoms with Gasteiger partial charge in [-0.3, -0.25) is 14.5 Å². The maximum Gasteiger partial charge on any atom is 0.409 e. The monoisotopic (exact) mass is 453 g/mol. The van der Waals surface area contributed by atoms with E-state index in [0.717, 1.165) is 21.7 Å². The Hall–Kier alpha value is -3.13. The number of piperidine rings is 1. The van der Waals surface area contributed by atoms with Crippen LogP contribution in [-0.4, -0.2) is 53.4 Å². The molecule has 0 atom stereocenters. The molecule has 1 aromatic heterocycles. The van der Waals surface area contributed by atoms with Crippen molar-refractivity contribution in [3.63, 3.8) is 0 Å². The maximum absolute atomic E-state index is 13.5. The van der Waals surface area contributed by atoms with Gasteiger partial charge in [0.25, 0.3) is 11.8 Å². The molecule has 2 aromatic rings. The summed E-state index contributed by atoms with van der Waals surface area (Å²) >= 11 is 1.44. The summed E-state index contributed by atoms with van der Waals surface area (Å²) in [6.45, 7) is 7.00. The minimum atomic E-state index is -0.348. The highest BCUT2D eigenvalue weighted by Crippen LogP contribution is 2.35. The Balaban J connectivity index is 1.60. The summed E-state index contributed by atoms with van der Waals surface area (Å²) in [6, 6.07) is 9.47. The number of amides is 3. The molecule has 3 heterocycles. The average Bonchev–Trinajstić information content (AvgIpc) is 3.35. The van der Waals surface area contributed by atoms with Gasteiger partial charge in [-0.2, -0.15) is 0 Å². The van der Waals surface area contributed by atoms with E-state index < -0.39 is 0 Å². The molecular weight excluding hydrogens is 426 g/mol. The van der Waals surface area contributed by atoms with Gasteiger partial charge in [-0.05, 0) is 68.3 Å². The molecule has 8 heteroatoms. The van der Waals surface area contributed by atoms with Crippen LogP contribution in [0.2, 0.25) is 0 Å². The molecule has 7 nitrogen and oxygen atoms in total. The number of ether oxygens (including phenoxy) is 1. The number of benzene rings is 1. The Morgan fingerprint density at radius 1 is 1.12 bits per heavy atom. The first-order valence-electron chi connectivity index (χ1n) is 10.8. The third-order valence-corrected chi connectivity index (χ3v) is 6.62. The fraction of sp³-hybridized carbons (Fsp3) is 0.375. The molecule has 1 saturated heterocycles. The zero-order chi connectivity index (χ0) is 22.8. The number of imide groups is 1. The van der Waals surface area contributed by atoms with E-state index in [1.165, 1.54) is 16.2 Å². The van der Waals surface area contributed by atoms with Gasteiger partial charge in [0.2, 0.25) is 0 Å². The zero-order valence-electron chi connectivity index (χ0n) is 18.5. The summed E-state index contributed by atoms with van der Waals surface area (Å²) in [4.78, 5) is 42.8. The van der Waals surface area contributed by atoms with Crippen LogP contribution in [0.15, 0.2) is 41.4 Å². The quantitative estimate of drug-likeness (QED) is 0.687. The summed E-state index contributed by atoms with van der Waals surface area (Å²) in [7, 11) is 0. The highest BCUT2D eigenvalue weighted by Gasteiger charge is 2.44. The van der Waals surface area contributed by atoms with Gasteiger partial charge in [0.15, 0.2) is 0 Å². The number of carbonyl (C=O) groups excluding carboxylic acids is 3. The molecule has 0 saturated carbocycles. The lowest BCUT2D eigenvalue weighted by Crippen LogP contribution is -2.49. The number of hydrogen-bond acceptors (Lipinski definition) is 6. The predicted molar refractivity (Wildman–Crippen MR) is 124 cm³/mol. The van der Waals surface area contributed by atoms with E-state index in [9.17, 15) is 14.4 Å². The molecule has 0 bridgehead atoms. The fourth-order valence-corrected chi connectivity index (χ4v) is 5.12. The molecule has 1 fully saturated rings. The summed E-state index contributed by atoms with van der Waals surface area (Å²) in [6.07, 6.45) is 0.718. The van der Waals surface area contributed by atoms with Gasteiger partial charge in [0.1, 0.15) is 5.70 Å². The normalized spacial score (nSPS) is 17.3. The SMILES string of the molecule is CCOC(=O)N1CCC(N2C(=O)C(Nc3cc(C)cc(C)c3)=C(c3cccs3)C2=O)CC1. The second-order valence-electron chi connectivity index (χ2n) is 8.13. The number of carbonyl (C=O) groups is 3. The molecule has 168 valence electrons. The minimum Gasteiger partial charge on any atom is -0.450 e. The van der Waals surface area contributed by atoms with Crippen LogP contribution < -0.4 is 5.32 Å². The molecular formula is C24H27N3O4S. The number of anilines is 1. The lowest BCUT2D eigenvalue weighted by Gasteiger charge is -2.35. The number of likely N-dealkylation sites (tertiary alicyclic amines) is 1. The van der Waals surface area contributed by atoms with Crippen LogP contribution in [0.25, 0.3) is 5.57 Å². The first-order chi connectivity index (χ1) is 15.4. The molecule has 0 spiro atoms. The van der Waals surface area contributed by atoms with Gasteiger partial charge < -0.3 is 15.0 Å². The Bertz CT molecular complexity index is 1050. The third-order valence-electron chi connectivity index (χ3n) is 5.73. The van der Waals surface area contributed by atoms with Gasteiger partial charge in [-0.15, -0.1) is 11.3 Å². The van der Waals surface area contributed by atoms with Crippen molar-refractivity contribution in [2.24, 2.45) is 0 Å². The second-order valence-corrected chi connectivity index (χ2v) is 9.07. The number of hydrogen-bond donors (Lipinski definition) is 1. The highest BCUT2D eigenvalue weighted by molar-refractivity contribution is 7.11. The first-order valence-corrected chi connectivity index (χ1v) is 11.7. The Morgan fingerprint density at radius 3 is 2.41 bits per heavy atom. The second kappa shape index (κ2) is 9.16. The Kier molecular flexibility index (Phi) is 6.32. The molecule has 0 radical (unpaired) electrons. The third kappa shape index (κ3) is 4.27. The summed E-state index contributed by atoms with van der Waals surface area (Å²) < 4.78 is 5.08. The van der Waals surface area contributed by atoms with Crippen molar-refractivity contribution in [3.8, 4) is 0 Å². The largest absolute Gasteiger partial charge is 0.450 e. The van der Waals surface area contributed by atoms with E-state index in [0.29, 0.717) is 43.8 Å². The molecule has 0 unspecified atom stereocenters. The summed E-state index contributed by atoms with van der Waals surface area (Å²) in [5.74, 6) is -0.592. The average molecular weight is 454 g/mol. The highest BCUT2D eigenvalue weighted by atomic mass is 32.1. The van der Waals surface area contributed by atoms with Crippen LogP contribution in [0.1, 0.15) is 35.8 Å². The maximum atomic E-state index is 13.5. The van der Waals surface area contributed by atoms with Crippen molar-refractivity contribution in [2.45, 2.75) is 39.7 Å². The fourth-order valence-electron chi connectivity index (χ4n) is 4.36. The Labute approximate surface area is 191 Å². The van der Waals surface area contributed by atoms with Gasteiger partial charge in [0, 0.05) is 29.7 Å². The van der Waals surface area contributed by atoms with Crippen molar-refractivity contribution in [1.29, 1.82) is 0 Å². The van der Waals surface area contributed by atoms with E-state index in [-0.39, 0.29) is 23.9 Å². The lowest BCUT2D eigenvalue weighted by atomic mass is 10.0. The summed E-state index contributed by atoms with van der Waals surface area (Å²) in [5, 5.41) is 5.14. The molecule has 32 heavy (non-hydrogen) atoms. The number of nitrogens with one attached hydrogen (secondary N) is 1. The number of rotatable bonds is 5. The molecule has 0 aliphatic carbocycles. The molecule has 2 aliphatic heterocycles. The van der Waals surface area contributed by atoms with Crippen molar-refractivity contribution >= 4 is 40.5 Å². The van der Waals surface area contributed by atoms with Crippen LogP contribution >= 0.6 is 11.3 Å². The molecule has 1 N–H and O–H groups in total. The van der Waals surface area contributed by atoms with E-state index in [2.05, 4.69) is 11.4 Å². The van der Waals surface area contributed by atoms with E-state index in [1.54, 1.807) is 11.8 Å². The van der Waals surface area contributed by atoms with Crippen molar-refractivity contribution in [2.75, 3.05) is 25.0 Å². The molecule has 2 aliphatic rings. The molecule has 3 amide bonds. The smallest absolute Gasteiger partial charge is 0.409 e. The van der Waals surface area contributed by atoms with Crippen molar-refractivity contribution < 1.29 is 19.1 Å². The van der Waals surface area contributed by atoms with Crippen molar-refractivity contribution in [1.82, 2.24) is 9.80 Å². The zero-order valence-corrected chi connectivity index (χ0v) is 19.3. The van der Waals surface area contributed by atoms with Gasteiger partial charge >= 0.3 is 6.09 Å². The standard InChI is InChI=1S/C24H27N3O4S/c1-4-31-24(30)26-9-7-18(8-10-26)27-22(28)20(19-6-5-11-32-19)21(23(27)29)25-17-13-15(2)12-16(3)14-17/h5-6,11-14,18,25H,4,7-10H2,1-3H3. The first kappa shape index (κ1) is 22.1. The van der Waals surface area contributed by atoms with Gasteiger partial charge in [-0.1, -0.05) is 12.1 Å². The van der Waals surface area contributed by atoms with Crippen LogP contribution in [0.3, 0.4) is 0 Å². The predicted octanol–water partition coefficient (Wildman–Crippen LogP) is 4.18. The topological polar surface area (TPSA) is 79.0 Å². The molecule has 1 aromatic carbocycles. The van der Waals surface area contributed by atoms with E-state index >= 15 is 0 Å². The van der Waals surface area contributed by atoms with Crippen molar-refractivity contribution in [3.05, 3.63) is 57.4 Å². The van der Waals surface area contributed by atoms with Crippen LogP contribution in [0.5, 0.6) is 0 Å². The Morgan fingerprint density at radius 2 is 1.81 bits per heavy atom. The van der Waals surface area contributed by atoms with Gasteiger partial charge in [0.05, 0.1) is 12.2 Å². The number of nitrogens with zero attached hydrogens (tertiary/aromatic N) is 2. The van der Waals surface area contributed by atoms with Crippen LogP contribution in [0.4, 0.5) is 10.5 Å². The van der Waals surface area contributed by atoms with Crippen LogP contribution in [0, 0.1) is 13.8 Å². The van der Waals surface area contributed by atoms with Crippen LogP contribution in [-0.2, 0) is 14.3 Å².